The third-order valence-corrected chi connectivity index (χ3v) is 9.53. The molecule has 1 aromatic carbocycles. The van der Waals surface area contributed by atoms with E-state index < -0.39 is 35.1 Å². The molecule has 0 radical (unpaired) electrons. The summed E-state index contributed by atoms with van der Waals surface area (Å²) in [6.45, 7) is 14.7. The van der Waals surface area contributed by atoms with Crippen molar-refractivity contribution in [3.8, 4) is 0 Å². The van der Waals surface area contributed by atoms with Gasteiger partial charge in [0.05, 0.1) is 30.1 Å². The Bertz CT molecular complexity index is 1120. The van der Waals surface area contributed by atoms with Crippen LogP contribution in [0.5, 0.6) is 0 Å². The topological polar surface area (TPSA) is 90.4 Å². The van der Waals surface area contributed by atoms with Crippen LogP contribution in [0.4, 0.5) is 5.69 Å². The van der Waals surface area contributed by atoms with Crippen molar-refractivity contribution in [2.24, 2.45) is 11.8 Å². The third kappa shape index (κ3) is 5.14. The maximum Gasteiger partial charge on any atom is 0.248 e. The first-order valence-corrected chi connectivity index (χ1v) is 15.3. The number of aliphatic hydroxyl groups is 1. The minimum atomic E-state index is -1.13. The van der Waals surface area contributed by atoms with E-state index in [-0.39, 0.29) is 30.9 Å². The van der Waals surface area contributed by atoms with E-state index in [1.165, 1.54) is 0 Å². The van der Waals surface area contributed by atoms with Crippen molar-refractivity contribution >= 4 is 23.4 Å². The van der Waals surface area contributed by atoms with Crippen LogP contribution < -0.4 is 4.90 Å². The number of fused-ring (bicyclic) bond motifs is 1. The molecule has 1 aromatic rings. The lowest BCUT2D eigenvalue weighted by Crippen LogP contribution is -2.59. The molecule has 3 fully saturated rings. The largest absolute Gasteiger partial charge is 0.394 e. The lowest BCUT2D eigenvalue weighted by molar-refractivity contribution is -0.156. The second-order valence-corrected chi connectivity index (χ2v) is 11.7. The van der Waals surface area contributed by atoms with Crippen molar-refractivity contribution in [3.63, 3.8) is 0 Å². The molecule has 0 saturated carbocycles. The Balaban J connectivity index is 1.82. The zero-order chi connectivity index (χ0) is 29.8. The van der Waals surface area contributed by atoms with E-state index in [1.54, 1.807) is 26.9 Å². The molecule has 2 unspecified atom stereocenters. The van der Waals surface area contributed by atoms with Crippen molar-refractivity contribution in [2.75, 3.05) is 31.1 Å². The molecule has 3 aliphatic rings. The molecule has 8 nitrogen and oxygen atoms in total. The highest BCUT2D eigenvalue weighted by molar-refractivity contribution is 6.03. The maximum atomic E-state index is 14.5. The second kappa shape index (κ2) is 12.9. The Morgan fingerprint density at radius 3 is 2.39 bits per heavy atom. The molecule has 0 aliphatic carbocycles. The highest BCUT2D eigenvalue weighted by Crippen LogP contribution is 2.65. The van der Waals surface area contributed by atoms with Crippen LogP contribution in [0.15, 0.2) is 55.6 Å². The van der Waals surface area contributed by atoms with Crippen molar-refractivity contribution in [3.05, 3.63) is 55.6 Å². The molecule has 8 heteroatoms. The first-order valence-electron chi connectivity index (χ1n) is 15.3. The van der Waals surface area contributed by atoms with Gasteiger partial charge in [0.2, 0.25) is 17.7 Å². The number of unbranched alkanes of at least 4 members (excludes halogenated alkanes) is 2. The minimum Gasteiger partial charge on any atom is -0.394 e. The number of hydrogen-bond donors (Lipinski definition) is 1. The third-order valence-electron chi connectivity index (χ3n) is 9.53. The summed E-state index contributed by atoms with van der Waals surface area (Å²) in [5, 5.41) is 10.4. The number of amides is 3. The van der Waals surface area contributed by atoms with Gasteiger partial charge in [-0.05, 0) is 44.2 Å². The summed E-state index contributed by atoms with van der Waals surface area (Å²) in [5.74, 6) is -2.20. The van der Waals surface area contributed by atoms with Crippen LogP contribution in [0.1, 0.15) is 65.7 Å². The van der Waals surface area contributed by atoms with Gasteiger partial charge < -0.3 is 24.5 Å². The molecule has 0 aromatic heterocycles. The number of hydrogen-bond acceptors (Lipinski definition) is 5. The highest BCUT2D eigenvalue weighted by atomic mass is 16.5. The minimum absolute atomic E-state index is 0.185. The van der Waals surface area contributed by atoms with E-state index >= 15 is 0 Å². The van der Waals surface area contributed by atoms with Gasteiger partial charge in [-0.3, -0.25) is 14.4 Å². The predicted octanol–water partition coefficient (Wildman–Crippen LogP) is 4.34. The number of ether oxygens (including phenoxy) is 1. The van der Waals surface area contributed by atoms with Gasteiger partial charge in [0.1, 0.15) is 11.6 Å². The van der Waals surface area contributed by atoms with E-state index in [9.17, 15) is 19.5 Å². The summed E-state index contributed by atoms with van der Waals surface area (Å²) in [6.07, 6.45) is 8.39. The average Bonchev–Trinajstić information content (AvgIpc) is 3.60. The Hall–Kier alpha value is -2.97. The van der Waals surface area contributed by atoms with E-state index in [4.69, 9.17) is 4.74 Å². The molecule has 6 atom stereocenters. The van der Waals surface area contributed by atoms with Gasteiger partial charge in [0.25, 0.3) is 0 Å². The molecule has 2 bridgehead atoms. The first-order chi connectivity index (χ1) is 19.8. The van der Waals surface area contributed by atoms with Gasteiger partial charge in [0, 0.05) is 25.3 Å². The zero-order valence-corrected chi connectivity index (χ0v) is 25.0. The van der Waals surface area contributed by atoms with E-state index in [1.807, 2.05) is 44.2 Å². The standard InChI is InChI=1S/C33H47N3O5/c1-6-11-15-22-34(20-7-2)31(40)28-33-19-18-32(10-5,41-33)26(27(33)30(39)36(28)24(9-4)23-37)29(38)35(21-8-3)25-16-13-12-14-17-25/h7-8,12-14,16-17,24,26-28,37H,2-3,6,9-11,15,18-23H2,1,4-5H3/t24-,26+,27-,28?,32-,33?/m0/s1. The summed E-state index contributed by atoms with van der Waals surface area (Å²) < 4.78 is 6.96. The van der Waals surface area contributed by atoms with Gasteiger partial charge in [-0.2, -0.15) is 0 Å². The van der Waals surface area contributed by atoms with Crippen LogP contribution in [0.3, 0.4) is 0 Å². The maximum absolute atomic E-state index is 14.5. The van der Waals surface area contributed by atoms with E-state index in [0.717, 1.165) is 24.9 Å². The monoisotopic (exact) mass is 565 g/mol. The second-order valence-electron chi connectivity index (χ2n) is 11.7. The molecule has 3 amide bonds. The van der Waals surface area contributed by atoms with Gasteiger partial charge in [-0.15, -0.1) is 13.2 Å². The molecule has 1 N–H and O–H groups in total. The van der Waals surface area contributed by atoms with Crippen LogP contribution in [0.2, 0.25) is 0 Å². The summed E-state index contributed by atoms with van der Waals surface area (Å²) in [4.78, 5) is 48.6. The summed E-state index contributed by atoms with van der Waals surface area (Å²) in [6, 6.07) is 7.95. The zero-order valence-electron chi connectivity index (χ0n) is 25.0. The molecule has 3 saturated heterocycles. The number of anilines is 1. The Morgan fingerprint density at radius 1 is 1.10 bits per heavy atom. The van der Waals surface area contributed by atoms with Crippen molar-refractivity contribution in [1.82, 2.24) is 9.80 Å². The Kier molecular flexibility index (Phi) is 9.75. The van der Waals surface area contributed by atoms with Crippen LogP contribution in [0.25, 0.3) is 0 Å². The van der Waals surface area contributed by atoms with Crippen LogP contribution >= 0.6 is 0 Å². The lowest BCUT2D eigenvalue weighted by Gasteiger charge is -2.39. The molecule has 3 aliphatic heterocycles. The number of carbonyl (C=O) groups is 3. The SMILES string of the molecule is C=CCN(CCCCC)C(=O)C1N([C@@H](CC)CO)C(=O)[C@@H]2[C@H](C(=O)N(CC=C)c3ccccc3)[C@]3(CC)CCC12O3. The number of para-hydroxylation sites is 1. The smallest absolute Gasteiger partial charge is 0.248 e. The molecular weight excluding hydrogens is 518 g/mol. The highest BCUT2D eigenvalue weighted by Gasteiger charge is 2.79. The van der Waals surface area contributed by atoms with E-state index in [2.05, 4.69) is 20.1 Å². The molecule has 1 spiro atoms. The number of aliphatic hydroxyl groups excluding tert-OH is 1. The summed E-state index contributed by atoms with van der Waals surface area (Å²) in [7, 11) is 0. The van der Waals surface area contributed by atoms with E-state index in [0.29, 0.717) is 38.8 Å². The number of benzene rings is 1. The van der Waals surface area contributed by atoms with Gasteiger partial charge in [-0.25, -0.2) is 0 Å². The predicted molar refractivity (Wildman–Crippen MR) is 160 cm³/mol. The number of rotatable bonds is 15. The van der Waals surface area contributed by atoms with Crippen molar-refractivity contribution < 1.29 is 24.2 Å². The van der Waals surface area contributed by atoms with Gasteiger partial charge in [-0.1, -0.05) is 64.0 Å². The van der Waals surface area contributed by atoms with Crippen molar-refractivity contribution in [2.45, 2.75) is 89.0 Å². The summed E-state index contributed by atoms with van der Waals surface area (Å²) in [5.41, 5.74) is -1.25. The fourth-order valence-corrected chi connectivity index (χ4v) is 7.52. The lowest BCUT2D eigenvalue weighted by atomic mass is 9.64. The number of likely N-dealkylation sites (tertiary alicyclic amines) is 1. The fourth-order valence-electron chi connectivity index (χ4n) is 7.52. The first kappa shape index (κ1) is 31.0. The average molecular weight is 566 g/mol. The summed E-state index contributed by atoms with van der Waals surface area (Å²) >= 11 is 0. The Labute approximate surface area is 245 Å². The molecule has 41 heavy (non-hydrogen) atoms. The van der Waals surface area contributed by atoms with Crippen LogP contribution in [-0.4, -0.2) is 82.2 Å². The molecule has 3 heterocycles. The normalized spacial score (nSPS) is 28.8. The quantitative estimate of drug-likeness (QED) is 0.253. The van der Waals surface area contributed by atoms with Gasteiger partial charge in [0.15, 0.2) is 0 Å². The van der Waals surface area contributed by atoms with Crippen LogP contribution in [0, 0.1) is 11.8 Å². The van der Waals surface area contributed by atoms with Crippen molar-refractivity contribution in [1.29, 1.82) is 0 Å². The molecular formula is C33H47N3O5. The van der Waals surface area contributed by atoms with Crippen LogP contribution in [-0.2, 0) is 19.1 Å². The molecule has 224 valence electrons. The number of carbonyl (C=O) groups excluding carboxylic acids is 3. The molecule has 4 rings (SSSR count). The Morgan fingerprint density at radius 2 is 1.80 bits per heavy atom. The number of nitrogens with zero attached hydrogens (tertiary/aromatic N) is 3. The van der Waals surface area contributed by atoms with Gasteiger partial charge >= 0.3 is 0 Å². The fraction of sp³-hybridized carbons (Fsp3) is 0.606.